The van der Waals surface area contributed by atoms with Crippen molar-refractivity contribution in [1.29, 1.82) is 0 Å². The molecule has 0 saturated carbocycles. The van der Waals surface area contributed by atoms with Crippen molar-refractivity contribution < 1.29 is 23.1 Å². The van der Waals surface area contributed by atoms with E-state index in [1.54, 1.807) is 0 Å². The zero-order valence-corrected chi connectivity index (χ0v) is 15.0. The van der Waals surface area contributed by atoms with Crippen molar-refractivity contribution in [2.75, 3.05) is 20.1 Å². The minimum Gasteiger partial charge on any atom is -0.480 e. The van der Waals surface area contributed by atoms with Gasteiger partial charge in [0.1, 0.15) is 5.54 Å². The summed E-state index contributed by atoms with van der Waals surface area (Å²) in [4.78, 5) is 25.1. The fourth-order valence-electron chi connectivity index (χ4n) is 2.73. The average Bonchev–Trinajstić information content (AvgIpc) is 2.91. The van der Waals surface area contributed by atoms with Gasteiger partial charge in [-0.2, -0.15) is 4.31 Å². The van der Waals surface area contributed by atoms with Gasteiger partial charge < -0.3 is 10.0 Å². The van der Waals surface area contributed by atoms with Gasteiger partial charge >= 0.3 is 5.97 Å². The van der Waals surface area contributed by atoms with Crippen LogP contribution in [0.15, 0.2) is 29.2 Å². The second-order valence-corrected chi connectivity index (χ2v) is 8.42. The van der Waals surface area contributed by atoms with E-state index in [0.717, 1.165) is 4.31 Å². The summed E-state index contributed by atoms with van der Waals surface area (Å²) in [5, 5.41) is 9.76. The van der Waals surface area contributed by atoms with Gasteiger partial charge in [0.25, 0.3) is 0 Å². The summed E-state index contributed by atoms with van der Waals surface area (Å²) in [6.45, 7) is 1.36. The molecule has 1 aromatic rings. The van der Waals surface area contributed by atoms with Crippen LogP contribution in [0.5, 0.6) is 0 Å². The number of carboxylic acid groups (broad SMARTS) is 1. The molecule has 1 atom stereocenters. The highest BCUT2D eigenvalue weighted by molar-refractivity contribution is 7.89. The minimum absolute atomic E-state index is 0.0182. The maximum absolute atomic E-state index is 12.5. The van der Waals surface area contributed by atoms with Crippen molar-refractivity contribution >= 4 is 33.5 Å². The van der Waals surface area contributed by atoms with E-state index in [9.17, 15) is 23.1 Å². The number of halogens is 1. The average molecular weight is 375 g/mol. The Kier molecular flexibility index (Phi) is 5.22. The monoisotopic (exact) mass is 374 g/mol. The predicted molar refractivity (Wildman–Crippen MR) is 88.3 cm³/mol. The van der Waals surface area contributed by atoms with Crippen LogP contribution in [-0.4, -0.2) is 60.3 Å². The van der Waals surface area contributed by atoms with Gasteiger partial charge in [0, 0.05) is 18.6 Å². The Hall–Kier alpha value is -1.64. The molecule has 1 aliphatic heterocycles. The third-order valence-electron chi connectivity index (χ3n) is 4.28. The standard InChI is InChI=1S/C15H19ClN2O5S/c1-15(14(20)21)8-3-9-18(15)13(19)10-17(2)24(22,23)12-6-4-11(16)5-7-12/h4-7H,3,8-10H2,1-2H3,(H,20,21). The Morgan fingerprint density at radius 3 is 2.46 bits per heavy atom. The molecule has 0 radical (unpaired) electrons. The number of carbonyl (C=O) groups is 2. The van der Waals surface area contributed by atoms with Crippen LogP contribution in [0.2, 0.25) is 5.02 Å². The van der Waals surface area contributed by atoms with Gasteiger partial charge in [-0.05, 0) is 44.0 Å². The number of nitrogens with zero attached hydrogens (tertiary/aromatic N) is 2. The first-order valence-corrected chi connectivity index (χ1v) is 9.16. The first-order valence-electron chi connectivity index (χ1n) is 7.35. The number of benzene rings is 1. The van der Waals surface area contributed by atoms with E-state index in [0.29, 0.717) is 24.4 Å². The van der Waals surface area contributed by atoms with E-state index in [-0.39, 0.29) is 4.90 Å². The molecule has 7 nitrogen and oxygen atoms in total. The van der Waals surface area contributed by atoms with Crippen LogP contribution in [0.1, 0.15) is 19.8 Å². The Morgan fingerprint density at radius 2 is 1.92 bits per heavy atom. The lowest BCUT2D eigenvalue weighted by Gasteiger charge is -2.32. The summed E-state index contributed by atoms with van der Waals surface area (Å²) >= 11 is 5.75. The Labute approximate surface area is 145 Å². The maximum atomic E-state index is 12.5. The summed E-state index contributed by atoms with van der Waals surface area (Å²) in [6, 6.07) is 5.61. The fourth-order valence-corrected chi connectivity index (χ4v) is 3.98. The molecule has 1 unspecified atom stereocenters. The summed E-state index contributed by atoms with van der Waals surface area (Å²) in [6.07, 6.45) is 0.921. The molecule has 0 spiro atoms. The first-order chi connectivity index (χ1) is 11.1. The topological polar surface area (TPSA) is 95.0 Å². The molecule has 0 bridgehead atoms. The molecular weight excluding hydrogens is 356 g/mol. The largest absolute Gasteiger partial charge is 0.480 e. The minimum atomic E-state index is -3.86. The van der Waals surface area contributed by atoms with Gasteiger partial charge in [-0.15, -0.1) is 0 Å². The fraction of sp³-hybridized carbons (Fsp3) is 0.467. The molecule has 1 aromatic carbocycles. The lowest BCUT2D eigenvalue weighted by atomic mass is 9.99. The number of carbonyl (C=O) groups excluding carboxylic acids is 1. The van der Waals surface area contributed by atoms with Crippen molar-refractivity contribution in [3.63, 3.8) is 0 Å². The van der Waals surface area contributed by atoms with Gasteiger partial charge in [0.2, 0.25) is 15.9 Å². The molecule has 1 amide bonds. The maximum Gasteiger partial charge on any atom is 0.329 e. The smallest absolute Gasteiger partial charge is 0.329 e. The third kappa shape index (κ3) is 3.40. The predicted octanol–water partition coefficient (Wildman–Crippen LogP) is 1.43. The number of aliphatic carboxylic acids is 1. The number of sulfonamides is 1. The number of hydrogen-bond acceptors (Lipinski definition) is 4. The number of hydrogen-bond donors (Lipinski definition) is 1. The number of likely N-dealkylation sites (tertiary alicyclic amines) is 1. The lowest BCUT2D eigenvalue weighted by Crippen LogP contribution is -2.53. The molecule has 2 rings (SSSR count). The van der Waals surface area contributed by atoms with E-state index in [1.165, 1.54) is 43.1 Å². The number of carboxylic acids is 1. The van der Waals surface area contributed by atoms with Crippen LogP contribution < -0.4 is 0 Å². The van der Waals surface area contributed by atoms with Gasteiger partial charge in [0.05, 0.1) is 11.4 Å². The molecular formula is C15H19ClN2O5S. The van der Waals surface area contributed by atoms with Crippen molar-refractivity contribution in [2.45, 2.75) is 30.2 Å². The number of rotatable bonds is 5. The van der Waals surface area contributed by atoms with E-state index < -0.39 is 34.0 Å². The number of amides is 1. The number of likely N-dealkylation sites (N-methyl/N-ethyl adjacent to an activating group) is 1. The SMILES string of the molecule is CN(CC(=O)N1CCCC1(C)C(=O)O)S(=O)(=O)c1ccc(Cl)cc1. The Morgan fingerprint density at radius 1 is 1.33 bits per heavy atom. The van der Waals surface area contributed by atoms with Gasteiger partial charge in [-0.25, -0.2) is 13.2 Å². The molecule has 9 heteroatoms. The van der Waals surface area contributed by atoms with Gasteiger partial charge in [-0.3, -0.25) is 4.79 Å². The van der Waals surface area contributed by atoms with E-state index in [4.69, 9.17) is 11.6 Å². The quantitative estimate of drug-likeness (QED) is 0.841. The molecule has 1 saturated heterocycles. The highest BCUT2D eigenvalue weighted by Crippen LogP contribution is 2.29. The normalized spacial score (nSPS) is 21.2. The molecule has 1 aliphatic rings. The van der Waals surface area contributed by atoms with Crippen LogP contribution >= 0.6 is 11.6 Å². The summed E-state index contributed by atoms with van der Waals surface area (Å²) in [5.74, 6) is -1.62. The van der Waals surface area contributed by atoms with Crippen LogP contribution in [0, 0.1) is 0 Å². The molecule has 24 heavy (non-hydrogen) atoms. The highest BCUT2D eigenvalue weighted by Gasteiger charge is 2.46. The Balaban J connectivity index is 2.16. The zero-order chi connectivity index (χ0) is 18.1. The molecule has 1 N–H and O–H groups in total. The summed E-state index contributed by atoms with van der Waals surface area (Å²) in [7, 11) is -2.57. The van der Waals surface area contributed by atoms with Crippen LogP contribution in [0.3, 0.4) is 0 Å². The van der Waals surface area contributed by atoms with Gasteiger partial charge in [-0.1, -0.05) is 11.6 Å². The lowest BCUT2D eigenvalue weighted by molar-refractivity contribution is -0.155. The summed E-state index contributed by atoms with van der Waals surface area (Å²) < 4.78 is 25.9. The molecule has 0 aliphatic carbocycles. The van der Waals surface area contributed by atoms with Crippen molar-refractivity contribution in [3.8, 4) is 0 Å². The third-order valence-corrected chi connectivity index (χ3v) is 6.35. The second-order valence-electron chi connectivity index (χ2n) is 5.94. The van der Waals surface area contributed by atoms with E-state index >= 15 is 0 Å². The molecule has 1 heterocycles. The van der Waals surface area contributed by atoms with E-state index in [1.807, 2.05) is 0 Å². The first kappa shape index (κ1) is 18.7. The molecule has 0 aromatic heterocycles. The van der Waals surface area contributed by atoms with Gasteiger partial charge in [0.15, 0.2) is 0 Å². The van der Waals surface area contributed by atoms with E-state index in [2.05, 4.69) is 0 Å². The van der Waals surface area contributed by atoms with Crippen molar-refractivity contribution in [1.82, 2.24) is 9.21 Å². The molecule has 1 fully saturated rings. The molecule has 132 valence electrons. The Bertz CT molecular complexity index is 750. The van der Waals surface area contributed by atoms with Crippen LogP contribution in [-0.2, 0) is 19.6 Å². The van der Waals surface area contributed by atoms with Crippen molar-refractivity contribution in [3.05, 3.63) is 29.3 Å². The highest BCUT2D eigenvalue weighted by atomic mass is 35.5. The van der Waals surface area contributed by atoms with Crippen LogP contribution in [0.4, 0.5) is 0 Å². The second kappa shape index (κ2) is 6.70. The summed E-state index contributed by atoms with van der Waals surface area (Å²) in [5.41, 5.74) is -1.29. The zero-order valence-electron chi connectivity index (χ0n) is 13.4. The van der Waals surface area contributed by atoms with Crippen LogP contribution in [0.25, 0.3) is 0 Å². The van der Waals surface area contributed by atoms with Crippen molar-refractivity contribution in [2.24, 2.45) is 0 Å².